The van der Waals surface area contributed by atoms with Gasteiger partial charge in [-0.15, -0.1) is 0 Å². The summed E-state index contributed by atoms with van der Waals surface area (Å²) in [6.07, 6.45) is 3.89. The van der Waals surface area contributed by atoms with Gasteiger partial charge in [0.2, 0.25) is 0 Å². The summed E-state index contributed by atoms with van der Waals surface area (Å²) >= 11 is 6.48. The molecule has 2 aliphatic heterocycles. The molecule has 4 aromatic rings. The summed E-state index contributed by atoms with van der Waals surface area (Å²) in [6, 6.07) is 29.7. The van der Waals surface area contributed by atoms with Crippen molar-refractivity contribution in [2.24, 2.45) is 5.41 Å². The van der Waals surface area contributed by atoms with Crippen molar-refractivity contribution in [3.05, 3.63) is 142 Å². The van der Waals surface area contributed by atoms with E-state index in [1.165, 1.54) is 0 Å². The third-order valence-electron chi connectivity index (χ3n) is 8.25. The molecule has 3 aliphatic rings. The van der Waals surface area contributed by atoms with E-state index < -0.39 is 23.4 Å². The molecule has 0 unspecified atom stereocenters. The van der Waals surface area contributed by atoms with Crippen LogP contribution in [0.15, 0.2) is 109 Å². The van der Waals surface area contributed by atoms with Crippen LogP contribution in [0.1, 0.15) is 48.1 Å². The minimum atomic E-state index is -1.52. The topological polar surface area (TPSA) is 54.5 Å². The van der Waals surface area contributed by atoms with Gasteiger partial charge in [0.1, 0.15) is 11.5 Å². The Hall–Kier alpha value is -4.28. The van der Waals surface area contributed by atoms with Gasteiger partial charge in [-0.05, 0) is 29.3 Å². The number of Topliss-reactive ketones (excluding diaryl/α,β-unsaturated/α-hetero) is 3. The minimum Gasteiger partial charge on any atom is -0.352 e. The monoisotopic (exact) mass is 515 g/mol. The highest BCUT2D eigenvalue weighted by atomic mass is 35.5. The Morgan fingerprint density at radius 1 is 0.763 bits per heavy atom. The van der Waals surface area contributed by atoms with Crippen LogP contribution in [-0.2, 0) is 0 Å². The van der Waals surface area contributed by atoms with Crippen molar-refractivity contribution in [2.75, 3.05) is 4.90 Å². The molecule has 0 aromatic heterocycles. The number of halogens is 1. The van der Waals surface area contributed by atoms with Crippen LogP contribution in [0, 0.1) is 5.41 Å². The van der Waals surface area contributed by atoms with Crippen LogP contribution in [0.5, 0.6) is 0 Å². The molecule has 0 amide bonds. The van der Waals surface area contributed by atoms with Crippen LogP contribution in [0.4, 0.5) is 5.69 Å². The van der Waals surface area contributed by atoms with Gasteiger partial charge in [0, 0.05) is 33.3 Å². The third kappa shape index (κ3) is 2.95. The highest BCUT2D eigenvalue weighted by Gasteiger charge is 2.71. The number of ketones is 3. The van der Waals surface area contributed by atoms with Gasteiger partial charge < -0.3 is 4.90 Å². The van der Waals surface area contributed by atoms with Crippen molar-refractivity contribution in [3.8, 4) is 0 Å². The molecule has 1 spiro atoms. The highest BCUT2D eigenvalue weighted by Crippen LogP contribution is 2.61. The summed E-state index contributed by atoms with van der Waals surface area (Å²) in [5.74, 6) is -1.39. The second kappa shape index (κ2) is 8.37. The van der Waals surface area contributed by atoms with Crippen LogP contribution < -0.4 is 4.90 Å². The van der Waals surface area contributed by atoms with Gasteiger partial charge in [0.25, 0.3) is 0 Å². The maximum atomic E-state index is 14.5. The summed E-state index contributed by atoms with van der Waals surface area (Å²) in [6.45, 7) is 0. The smallest absolute Gasteiger partial charge is 0.185 e. The Labute approximate surface area is 225 Å². The fourth-order valence-electron chi connectivity index (χ4n) is 6.76. The first kappa shape index (κ1) is 22.9. The number of hydrogen-bond donors (Lipinski definition) is 0. The van der Waals surface area contributed by atoms with Crippen LogP contribution in [-0.4, -0.2) is 29.4 Å². The first-order valence-electron chi connectivity index (χ1n) is 12.6. The molecule has 0 N–H and O–H groups in total. The molecule has 4 aromatic carbocycles. The van der Waals surface area contributed by atoms with Crippen molar-refractivity contribution in [2.45, 2.75) is 18.0 Å². The van der Waals surface area contributed by atoms with E-state index in [1.54, 1.807) is 48.5 Å². The maximum Gasteiger partial charge on any atom is 0.185 e. The fourth-order valence-corrected chi connectivity index (χ4v) is 6.96. The number of carbonyl (C=O) groups is 3. The molecular weight excluding hydrogens is 494 g/mol. The summed E-state index contributed by atoms with van der Waals surface area (Å²) in [5.41, 5.74) is 2.29. The van der Waals surface area contributed by atoms with E-state index in [0.29, 0.717) is 27.3 Å². The van der Waals surface area contributed by atoms with Gasteiger partial charge in [-0.2, -0.15) is 0 Å². The number of fused-ring (bicyclic) bond motifs is 5. The van der Waals surface area contributed by atoms with Gasteiger partial charge in [-0.1, -0.05) is 109 Å². The number of carbonyl (C=O) groups excluding carboxylic acids is 3. The second-order valence-corrected chi connectivity index (χ2v) is 10.5. The van der Waals surface area contributed by atoms with Crippen molar-refractivity contribution in [3.63, 3.8) is 0 Å². The average molecular weight is 516 g/mol. The number of benzene rings is 4. The lowest BCUT2D eigenvalue weighted by atomic mass is 9.64. The molecule has 1 saturated heterocycles. The predicted molar refractivity (Wildman–Crippen MR) is 148 cm³/mol. The zero-order chi connectivity index (χ0) is 26.0. The highest BCUT2D eigenvalue weighted by molar-refractivity contribution is 6.32. The summed E-state index contributed by atoms with van der Waals surface area (Å²) in [7, 11) is 0. The number of hydrogen-bond acceptors (Lipinski definition) is 4. The van der Waals surface area contributed by atoms with Crippen LogP contribution in [0.2, 0.25) is 5.02 Å². The van der Waals surface area contributed by atoms with Crippen molar-refractivity contribution in [1.29, 1.82) is 0 Å². The summed E-state index contributed by atoms with van der Waals surface area (Å²) < 4.78 is 0. The van der Waals surface area contributed by atoms with Gasteiger partial charge in [-0.25, -0.2) is 0 Å². The van der Waals surface area contributed by atoms with Gasteiger partial charge in [0.15, 0.2) is 17.3 Å². The van der Waals surface area contributed by atoms with E-state index in [0.717, 1.165) is 11.3 Å². The molecule has 1 fully saturated rings. The third-order valence-corrected chi connectivity index (χ3v) is 8.48. The molecule has 0 saturated carbocycles. The Balaban J connectivity index is 1.56. The molecule has 5 heteroatoms. The molecule has 2 heterocycles. The SMILES string of the molecule is O=C(c1ccccc1)[C@H]1[C@H](c2cccc(Cl)c2)C2(C(=O)c3ccccc3C2=O)[C@@H]2C=Cc3ccccc3N21. The van der Waals surface area contributed by atoms with E-state index in [4.69, 9.17) is 11.6 Å². The minimum absolute atomic E-state index is 0.140. The Kier molecular flexibility index (Phi) is 5.04. The Bertz CT molecular complexity index is 1640. The number of nitrogens with zero attached hydrogens (tertiary/aromatic N) is 1. The molecule has 4 nitrogen and oxygen atoms in total. The van der Waals surface area contributed by atoms with Crippen LogP contribution in [0.3, 0.4) is 0 Å². The van der Waals surface area contributed by atoms with Crippen molar-refractivity contribution in [1.82, 2.24) is 0 Å². The van der Waals surface area contributed by atoms with Gasteiger partial charge >= 0.3 is 0 Å². The lowest BCUT2D eigenvalue weighted by molar-refractivity contribution is 0.0666. The lowest BCUT2D eigenvalue weighted by Crippen LogP contribution is -2.48. The van der Waals surface area contributed by atoms with E-state index in [1.807, 2.05) is 71.6 Å². The van der Waals surface area contributed by atoms with Gasteiger partial charge in [-0.3, -0.25) is 14.4 Å². The zero-order valence-electron chi connectivity index (χ0n) is 20.3. The van der Waals surface area contributed by atoms with E-state index in [2.05, 4.69) is 0 Å². The van der Waals surface area contributed by atoms with Crippen molar-refractivity contribution < 1.29 is 14.4 Å². The molecule has 0 radical (unpaired) electrons. The molecule has 1 aliphatic carbocycles. The molecular formula is C33H22ClNO3. The molecule has 3 atom stereocenters. The lowest BCUT2D eigenvalue weighted by Gasteiger charge is -2.37. The largest absolute Gasteiger partial charge is 0.352 e. The quantitative estimate of drug-likeness (QED) is 0.226. The molecule has 184 valence electrons. The van der Waals surface area contributed by atoms with Crippen LogP contribution in [0.25, 0.3) is 6.08 Å². The van der Waals surface area contributed by atoms with Crippen LogP contribution >= 0.6 is 11.6 Å². The van der Waals surface area contributed by atoms with E-state index in [-0.39, 0.29) is 17.3 Å². The summed E-state index contributed by atoms with van der Waals surface area (Å²) in [4.78, 5) is 45.6. The van der Waals surface area contributed by atoms with Crippen molar-refractivity contribution >= 4 is 40.7 Å². The second-order valence-electron chi connectivity index (χ2n) is 10.1. The first-order chi connectivity index (χ1) is 18.5. The average Bonchev–Trinajstić information content (AvgIpc) is 3.39. The maximum absolute atomic E-state index is 14.5. The normalized spacial score (nSPS) is 22.3. The summed E-state index contributed by atoms with van der Waals surface area (Å²) in [5, 5.41) is 0.486. The fraction of sp³-hybridized carbons (Fsp3) is 0.121. The number of rotatable bonds is 3. The van der Waals surface area contributed by atoms with Gasteiger partial charge in [0.05, 0.1) is 6.04 Å². The number of anilines is 1. The number of para-hydroxylation sites is 1. The zero-order valence-corrected chi connectivity index (χ0v) is 21.0. The Morgan fingerprint density at radius 3 is 2.13 bits per heavy atom. The molecule has 0 bridgehead atoms. The predicted octanol–water partition coefficient (Wildman–Crippen LogP) is 6.66. The standard InChI is InChI=1S/C33H22ClNO3/c34-23-13-8-12-22(19-23)28-29(30(36)21-10-2-1-3-11-21)35-26-16-7-4-9-20(26)17-18-27(35)33(28)31(37)24-14-5-6-15-25(24)32(33)38/h1-19,27-29H/t27-,28-,29+/m0/s1. The van der Waals surface area contributed by atoms with E-state index in [9.17, 15) is 14.4 Å². The molecule has 7 rings (SSSR count). The first-order valence-corrected chi connectivity index (χ1v) is 13.0. The van der Waals surface area contributed by atoms with E-state index >= 15 is 0 Å². The molecule has 38 heavy (non-hydrogen) atoms. The Morgan fingerprint density at radius 2 is 1.42 bits per heavy atom.